The molecule has 2 atom stereocenters. The van der Waals surface area contributed by atoms with Crippen LogP contribution in [0.1, 0.15) is 25.8 Å². The monoisotopic (exact) mass is 322 g/mol. The van der Waals surface area contributed by atoms with E-state index in [0.29, 0.717) is 6.42 Å². The number of alkyl carbamates (subject to hydrolysis) is 1. The Morgan fingerprint density at radius 1 is 1.22 bits per heavy atom. The topological polar surface area (TPSA) is 105 Å². The summed E-state index contributed by atoms with van der Waals surface area (Å²) in [5, 5.41) is 13.8. The number of hydrogen-bond acceptors (Lipinski definition) is 4. The van der Waals surface area contributed by atoms with Gasteiger partial charge in [-0.2, -0.15) is 0 Å². The Kier molecular flexibility index (Phi) is 7.59. The van der Waals surface area contributed by atoms with Gasteiger partial charge < -0.3 is 20.5 Å². The van der Waals surface area contributed by atoms with E-state index in [1.165, 1.54) is 0 Å². The molecule has 0 aliphatic rings. The van der Waals surface area contributed by atoms with Gasteiger partial charge in [0.25, 0.3) is 0 Å². The zero-order valence-electron chi connectivity index (χ0n) is 13.2. The highest BCUT2D eigenvalue weighted by Gasteiger charge is 2.25. The number of aliphatic carboxylic acids is 1. The molecule has 0 bridgehead atoms. The first-order chi connectivity index (χ1) is 10.9. The Hall–Kier alpha value is -2.57. The molecule has 0 aromatic heterocycles. The lowest BCUT2D eigenvalue weighted by atomic mass is 9.99. The quantitative estimate of drug-likeness (QED) is 0.673. The van der Waals surface area contributed by atoms with Gasteiger partial charge in [-0.05, 0) is 11.5 Å². The molecule has 0 aliphatic carbocycles. The molecule has 7 nitrogen and oxygen atoms in total. The lowest BCUT2D eigenvalue weighted by Crippen LogP contribution is -2.48. The maximum atomic E-state index is 11.7. The lowest BCUT2D eigenvalue weighted by Gasteiger charge is -2.20. The van der Waals surface area contributed by atoms with E-state index in [4.69, 9.17) is 9.84 Å². The number of benzene rings is 1. The van der Waals surface area contributed by atoms with Gasteiger partial charge >= 0.3 is 12.1 Å². The molecule has 23 heavy (non-hydrogen) atoms. The van der Waals surface area contributed by atoms with Crippen molar-refractivity contribution >= 4 is 18.0 Å². The summed E-state index contributed by atoms with van der Waals surface area (Å²) in [5.74, 6) is -1.88. The van der Waals surface area contributed by atoms with Crippen LogP contribution >= 0.6 is 0 Å². The molecule has 0 saturated carbocycles. The number of rotatable bonds is 8. The van der Waals surface area contributed by atoms with Gasteiger partial charge in [0.05, 0.1) is 0 Å². The third-order valence-electron chi connectivity index (χ3n) is 3.40. The van der Waals surface area contributed by atoms with Crippen molar-refractivity contribution in [3.8, 4) is 0 Å². The molecular weight excluding hydrogens is 300 g/mol. The Labute approximate surface area is 135 Å². The zero-order chi connectivity index (χ0) is 17.2. The Morgan fingerprint density at radius 2 is 1.87 bits per heavy atom. The maximum absolute atomic E-state index is 11.7. The van der Waals surface area contributed by atoms with Gasteiger partial charge in [0.2, 0.25) is 5.91 Å². The summed E-state index contributed by atoms with van der Waals surface area (Å²) in [5.41, 5.74) is 0.829. The van der Waals surface area contributed by atoms with Crippen LogP contribution in [0.3, 0.4) is 0 Å². The molecule has 7 heteroatoms. The number of carbonyl (C=O) groups excluding carboxylic acids is 2. The van der Waals surface area contributed by atoms with E-state index in [1.54, 1.807) is 6.92 Å². The van der Waals surface area contributed by atoms with Crippen LogP contribution in [0.5, 0.6) is 0 Å². The van der Waals surface area contributed by atoms with Crippen molar-refractivity contribution in [2.75, 3.05) is 6.54 Å². The summed E-state index contributed by atoms with van der Waals surface area (Å²) in [4.78, 5) is 34.3. The largest absolute Gasteiger partial charge is 0.480 e. The van der Waals surface area contributed by atoms with Gasteiger partial charge in [0, 0.05) is 0 Å². The average molecular weight is 322 g/mol. The summed E-state index contributed by atoms with van der Waals surface area (Å²) >= 11 is 0. The highest BCUT2D eigenvalue weighted by molar-refractivity contribution is 5.86. The summed E-state index contributed by atoms with van der Waals surface area (Å²) in [6.07, 6.45) is -0.122. The number of carbonyl (C=O) groups is 3. The SMILES string of the molecule is CCC(C)[C@@H](NC(=O)CNC(=O)OCc1ccccc1)C(=O)O. The fraction of sp³-hybridized carbons (Fsp3) is 0.438. The summed E-state index contributed by atoms with van der Waals surface area (Å²) in [6, 6.07) is 8.14. The minimum absolute atomic E-state index is 0.0961. The fourth-order valence-corrected chi connectivity index (χ4v) is 1.83. The number of amides is 2. The average Bonchev–Trinajstić information content (AvgIpc) is 2.55. The normalized spacial score (nSPS) is 12.8. The van der Waals surface area contributed by atoms with E-state index in [2.05, 4.69) is 10.6 Å². The van der Waals surface area contributed by atoms with Crippen molar-refractivity contribution in [3.63, 3.8) is 0 Å². The minimum Gasteiger partial charge on any atom is -0.480 e. The van der Waals surface area contributed by atoms with Crippen LogP contribution in [0.4, 0.5) is 4.79 Å². The number of ether oxygens (including phenoxy) is 1. The van der Waals surface area contributed by atoms with Crippen LogP contribution in [0, 0.1) is 5.92 Å². The first kappa shape index (κ1) is 18.5. The minimum atomic E-state index is -1.10. The van der Waals surface area contributed by atoms with Crippen LogP contribution < -0.4 is 10.6 Å². The van der Waals surface area contributed by atoms with Gasteiger partial charge in [-0.3, -0.25) is 4.79 Å². The zero-order valence-corrected chi connectivity index (χ0v) is 13.2. The molecule has 2 amide bonds. The van der Waals surface area contributed by atoms with Crippen LogP contribution in [0.25, 0.3) is 0 Å². The standard InChI is InChI=1S/C16H22N2O5/c1-3-11(2)14(15(20)21)18-13(19)9-17-16(22)23-10-12-7-5-4-6-8-12/h4-8,11,14H,3,9-10H2,1-2H3,(H,17,22)(H,18,19)(H,20,21)/t11?,14-/m1/s1. The molecule has 0 saturated heterocycles. The van der Waals surface area contributed by atoms with Gasteiger partial charge in [-0.1, -0.05) is 50.6 Å². The van der Waals surface area contributed by atoms with Crippen LogP contribution in [0.2, 0.25) is 0 Å². The Bertz CT molecular complexity index is 533. The molecule has 1 aromatic rings. The Morgan fingerprint density at radius 3 is 2.43 bits per heavy atom. The smallest absolute Gasteiger partial charge is 0.407 e. The molecule has 1 unspecified atom stereocenters. The summed E-state index contributed by atoms with van der Waals surface area (Å²) < 4.78 is 4.95. The molecule has 126 valence electrons. The molecule has 1 aromatic carbocycles. The van der Waals surface area contributed by atoms with E-state index in [0.717, 1.165) is 5.56 Å². The van der Waals surface area contributed by atoms with Crippen molar-refractivity contribution < 1.29 is 24.2 Å². The highest BCUT2D eigenvalue weighted by atomic mass is 16.5. The van der Waals surface area contributed by atoms with Crippen LogP contribution in [-0.2, 0) is 20.9 Å². The van der Waals surface area contributed by atoms with E-state index >= 15 is 0 Å². The molecule has 3 N–H and O–H groups in total. The van der Waals surface area contributed by atoms with Gasteiger partial charge in [0.15, 0.2) is 0 Å². The predicted molar refractivity (Wildman–Crippen MR) is 83.7 cm³/mol. The van der Waals surface area contributed by atoms with E-state index < -0.39 is 24.0 Å². The molecule has 0 radical (unpaired) electrons. The number of carboxylic acids is 1. The lowest BCUT2D eigenvalue weighted by molar-refractivity contribution is -0.143. The predicted octanol–water partition coefficient (Wildman–Crippen LogP) is 1.53. The second-order valence-electron chi connectivity index (χ2n) is 5.18. The Balaban J connectivity index is 2.34. The fourth-order valence-electron chi connectivity index (χ4n) is 1.83. The molecule has 0 aliphatic heterocycles. The van der Waals surface area contributed by atoms with Gasteiger partial charge in [0.1, 0.15) is 19.2 Å². The number of hydrogen-bond donors (Lipinski definition) is 3. The van der Waals surface area contributed by atoms with Crippen LogP contribution in [-0.4, -0.2) is 35.7 Å². The number of carboxylic acid groups (broad SMARTS) is 1. The molecule has 0 heterocycles. The molecule has 0 spiro atoms. The second kappa shape index (κ2) is 9.45. The van der Waals surface area contributed by atoms with E-state index in [9.17, 15) is 14.4 Å². The molecule has 0 fully saturated rings. The third kappa shape index (κ3) is 6.82. The summed E-state index contributed by atoms with van der Waals surface area (Å²) in [7, 11) is 0. The second-order valence-corrected chi connectivity index (χ2v) is 5.18. The molecule has 1 rings (SSSR count). The van der Waals surface area contributed by atoms with Crippen molar-refractivity contribution in [2.24, 2.45) is 5.92 Å². The highest BCUT2D eigenvalue weighted by Crippen LogP contribution is 2.07. The van der Waals surface area contributed by atoms with Crippen LogP contribution in [0.15, 0.2) is 30.3 Å². The van der Waals surface area contributed by atoms with Crippen molar-refractivity contribution in [3.05, 3.63) is 35.9 Å². The van der Waals surface area contributed by atoms with Crippen molar-refractivity contribution in [2.45, 2.75) is 32.9 Å². The first-order valence-electron chi connectivity index (χ1n) is 7.40. The van der Waals surface area contributed by atoms with Gasteiger partial charge in [-0.25, -0.2) is 9.59 Å². The van der Waals surface area contributed by atoms with Gasteiger partial charge in [-0.15, -0.1) is 0 Å². The molecular formula is C16H22N2O5. The van der Waals surface area contributed by atoms with Crippen molar-refractivity contribution in [1.82, 2.24) is 10.6 Å². The van der Waals surface area contributed by atoms with E-state index in [-0.39, 0.29) is 19.1 Å². The number of nitrogens with one attached hydrogen (secondary N) is 2. The summed E-state index contributed by atoms with van der Waals surface area (Å²) in [6.45, 7) is 3.33. The van der Waals surface area contributed by atoms with E-state index in [1.807, 2.05) is 37.3 Å². The van der Waals surface area contributed by atoms with Crippen molar-refractivity contribution in [1.29, 1.82) is 0 Å². The first-order valence-corrected chi connectivity index (χ1v) is 7.40. The third-order valence-corrected chi connectivity index (χ3v) is 3.40. The maximum Gasteiger partial charge on any atom is 0.407 e.